The largest absolute Gasteiger partial charge is 0.395 e. The molecule has 0 heterocycles. The standard InChI is InChI=1S/C10H9FNO/c1-7(6-13)9-2-8(5-12)3-10(11)4-9/h2-4,13H,6H2,1H3. The lowest BCUT2D eigenvalue weighted by Crippen LogP contribution is -2.01. The molecular weight excluding hydrogens is 169 g/mol. The van der Waals surface area contributed by atoms with E-state index in [-0.39, 0.29) is 12.2 Å². The number of hydrogen-bond donors (Lipinski definition) is 1. The molecule has 0 aliphatic rings. The zero-order valence-electron chi connectivity index (χ0n) is 7.21. The van der Waals surface area contributed by atoms with Crippen molar-refractivity contribution in [3.8, 4) is 6.07 Å². The lowest BCUT2D eigenvalue weighted by molar-refractivity contribution is 0.315. The molecule has 1 rings (SSSR count). The van der Waals surface area contributed by atoms with Crippen LogP contribution in [-0.2, 0) is 0 Å². The van der Waals surface area contributed by atoms with Crippen LogP contribution in [0.15, 0.2) is 18.2 Å². The fourth-order valence-corrected chi connectivity index (χ4v) is 0.992. The van der Waals surface area contributed by atoms with Gasteiger partial charge in [0.25, 0.3) is 0 Å². The monoisotopic (exact) mass is 178 g/mol. The number of rotatable bonds is 2. The Kier molecular flexibility index (Phi) is 2.99. The van der Waals surface area contributed by atoms with E-state index in [2.05, 4.69) is 0 Å². The maximum absolute atomic E-state index is 12.9. The van der Waals surface area contributed by atoms with Crippen LogP contribution in [0, 0.1) is 23.1 Å². The van der Waals surface area contributed by atoms with Crippen LogP contribution >= 0.6 is 0 Å². The van der Waals surface area contributed by atoms with E-state index in [9.17, 15) is 4.39 Å². The SMILES string of the molecule is C[C](CO)c1cc(F)cc(C#N)c1. The molecule has 1 N–H and O–H groups in total. The second kappa shape index (κ2) is 4.01. The van der Waals surface area contributed by atoms with E-state index in [0.717, 1.165) is 6.07 Å². The van der Waals surface area contributed by atoms with Gasteiger partial charge in [-0.05, 0) is 23.8 Å². The molecule has 67 valence electrons. The molecule has 0 aromatic heterocycles. The number of benzene rings is 1. The average molecular weight is 178 g/mol. The molecule has 0 atom stereocenters. The Bertz CT molecular complexity index is 343. The molecular formula is C10H9FNO. The van der Waals surface area contributed by atoms with Crippen molar-refractivity contribution in [3.05, 3.63) is 41.1 Å². The number of aliphatic hydroxyl groups excluding tert-OH is 1. The van der Waals surface area contributed by atoms with E-state index in [4.69, 9.17) is 10.4 Å². The van der Waals surface area contributed by atoms with Crippen molar-refractivity contribution >= 4 is 0 Å². The van der Waals surface area contributed by atoms with Gasteiger partial charge in [0.2, 0.25) is 0 Å². The third-order valence-electron chi connectivity index (χ3n) is 1.76. The van der Waals surface area contributed by atoms with Crippen molar-refractivity contribution in [1.29, 1.82) is 5.26 Å². The summed E-state index contributed by atoms with van der Waals surface area (Å²) in [5.74, 6) is 0.192. The van der Waals surface area contributed by atoms with Gasteiger partial charge in [0.1, 0.15) is 5.82 Å². The van der Waals surface area contributed by atoms with Crippen LogP contribution in [0.1, 0.15) is 18.1 Å². The molecule has 0 spiro atoms. The van der Waals surface area contributed by atoms with Gasteiger partial charge in [0.15, 0.2) is 0 Å². The molecule has 1 aromatic rings. The first-order chi connectivity index (χ1) is 6.17. The first-order valence-corrected chi connectivity index (χ1v) is 3.81. The highest BCUT2D eigenvalue weighted by Crippen LogP contribution is 2.16. The molecule has 0 bridgehead atoms. The van der Waals surface area contributed by atoms with Gasteiger partial charge in [0.05, 0.1) is 18.2 Å². The third-order valence-corrected chi connectivity index (χ3v) is 1.76. The van der Waals surface area contributed by atoms with Crippen LogP contribution in [0.4, 0.5) is 4.39 Å². The summed E-state index contributed by atoms with van der Waals surface area (Å²) in [6, 6.07) is 5.86. The van der Waals surface area contributed by atoms with Crippen LogP contribution < -0.4 is 0 Å². The molecule has 0 saturated heterocycles. The molecule has 3 heteroatoms. The van der Waals surface area contributed by atoms with Gasteiger partial charge >= 0.3 is 0 Å². The molecule has 0 amide bonds. The number of nitriles is 1. The Labute approximate surface area is 76.2 Å². The van der Waals surface area contributed by atoms with Gasteiger partial charge < -0.3 is 5.11 Å². The Morgan fingerprint density at radius 2 is 2.23 bits per heavy atom. The van der Waals surface area contributed by atoms with Crippen molar-refractivity contribution in [1.82, 2.24) is 0 Å². The van der Waals surface area contributed by atoms with Crippen molar-refractivity contribution in [2.24, 2.45) is 0 Å². The van der Waals surface area contributed by atoms with Crippen LogP contribution in [-0.4, -0.2) is 11.7 Å². The minimum Gasteiger partial charge on any atom is -0.395 e. The maximum Gasteiger partial charge on any atom is 0.124 e. The summed E-state index contributed by atoms with van der Waals surface area (Å²) in [5.41, 5.74) is 0.835. The van der Waals surface area contributed by atoms with E-state index in [1.54, 1.807) is 13.0 Å². The van der Waals surface area contributed by atoms with E-state index in [1.807, 2.05) is 6.07 Å². The van der Waals surface area contributed by atoms with Gasteiger partial charge in [0, 0.05) is 5.92 Å². The van der Waals surface area contributed by atoms with E-state index in [1.165, 1.54) is 6.07 Å². The summed E-state index contributed by atoms with van der Waals surface area (Å²) >= 11 is 0. The Morgan fingerprint density at radius 1 is 1.54 bits per heavy atom. The first kappa shape index (κ1) is 9.69. The zero-order valence-corrected chi connectivity index (χ0v) is 7.21. The highest BCUT2D eigenvalue weighted by Gasteiger charge is 2.07. The van der Waals surface area contributed by atoms with Gasteiger partial charge in [-0.25, -0.2) is 4.39 Å². The van der Waals surface area contributed by atoms with E-state index < -0.39 is 5.82 Å². The molecule has 0 unspecified atom stereocenters. The molecule has 1 aromatic carbocycles. The smallest absolute Gasteiger partial charge is 0.124 e. The zero-order chi connectivity index (χ0) is 9.84. The minimum absolute atomic E-state index is 0.131. The van der Waals surface area contributed by atoms with Gasteiger partial charge in [-0.3, -0.25) is 0 Å². The summed E-state index contributed by atoms with van der Waals surface area (Å²) in [5, 5.41) is 17.4. The van der Waals surface area contributed by atoms with Gasteiger partial charge in [-0.2, -0.15) is 5.26 Å². The molecule has 0 fully saturated rings. The number of halogens is 1. The summed E-state index contributed by atoms with van der Waals surface area (Å²) in [6.07, 6.45) is 0. The third kappa shape index (κ3) is 2.27. The van der Waals surface area contributed by atoms with Crippen molar-refractivity contribution in [2.75, 3.05) is 6.61 Å². The van der Waals surface area contributed by atoms with Crippen LogP contribution in [0.5, 0.6) is 0 Å². The minimum atomic E-state index is -0.457. The normalized spacial score (nSPS) is 10.1. The van der Waals surface area contributed by atoms with Crippen LogP contribution in [0.25, 0.3) is 0 Å². The topological polar surface area (TPSA) is 44.0 Å². The quantitative estimate of drug-likeness (QED) is 0.748. The lowest BCUT2D eigenvalue weighted by atomic mass is 10.00. The first-order valence-electron chi connectivity index (χ1n) is 3.81. The van der Waals surface area contributed by atoms with Crippen molar-refractivity contribution in [3.63, 3.8) is 0 Å². The van der Waals surface area contributed by atoms with E-state index in [0.29, 0.717) is 11.5 Å². The average Bonchev–Trinajstić information content (AvgIpc) is 2.15. The summed E-state index contributed by atoms with van der Waals surface area (Å²) in [6.45, 7) is 1.56. The highest BCUT2D eigenvalue weighted by molar-refractivity contribution is 5.39. The molecule has 13 heavy (non-hydrogen) atoms. The molecule has 0 aliphatic carbocycles. The molecule has 2 nitrogen and oxygen atoms in total. The Balaban J connectivity index is 3.10. The van der Waals surface area contributed by atoms with Crippen LogP contribution in [0.2, 0.25) is 0 Å². The second-order valence-electron chi connectivity index (χ2n) is 2.78. The summed E-state index contributed by atoms with van der Waals surface area (Å²) in [4.78, 5) is 0. The Hall–Kier alpha value is -1.40. The van der Waals surface area contributed by atoms with Gasteiger partial charge in [-0.15, -0.1) is 0 Å². The van der Waals surface area contributed by atoms with E-state index >= 15 is 0 Å². The number of nitrogens with zero attached hydrogens (tertiary/aromatic N) is 1. The maximum atomic E-state index is 12.9. The van der Waals surface area contributed by atoms with Gasteiger partial charge in [-0.1, -0.05) is 6.92 Å². The molecule has 0 aliphatic heterocycles. The molecule has 0 saturated carbocycles. The van der Waals surface area contributed by atoms with Crippen molar-refractivity contribution in [2.45, 2.75) is 6.92 Å². The highest BCUT2D eigenvalue weighted by atomic mass is 19.1. The second-order valence-corrected chi connectivity index (χ2v) is 2.78. The number of hydrogen-bond acceptors (Lipinski definition) is 2. The van der Waals surface area contributed by atoms with Crippen molar-refractivity contribution < 1.29 is 9.50 Å². The van der Waals surface area contributed by atoms with Crippen LogP contribution in [0.3, 0.4) is 0 Å². The predicted molar refractivity (Wildman–Crippen MR) is 46.2 cm³/mol. The fraction of sp³-hybridized carbons (Fsp3) is 0.200. The molecule has 1 radical (unpaired) electrons. The summed E-state index contributed by atoms with van der Waals surface area (Å²) < 4.78 is 12.9. The number of aliphatic hydroxyl groups is 1. The summed E-state index contributed by atoms with van der Waals surface area (Å²) in [7, 11) is 0. The lowest BCUT2D eigenvalue weighted by Gasteiger charge is -2.07. The predicted octanol–water partition coefficient (Wildman–Crippen LogP) is 1.63. The fourth-order valence-electron chi connectivity index (χ4n) is 0.992. The Morgan fingerprint density at radius 3 is 2.77 bits per heavy atom.